The standard InChI is InChI=1S/C2H4F3N.ClH/c3-2(4,5)1-6;/h1,6H2;1H. The summed E-state index contributed by atoms with van der Waals surface area (Å²) >= 11 is 0. The lowest BCUT2D eigenvalue weighted by Gasteiger charge is -1.96. The number of halogens is 4. The summed E-state index contributed by atoms with van der Waals surface area (Å²) in [4.78, 5) is 0. The quantitative estimate of drug-likeness (QED) is 0.526. The highest BCUT2D eigenvalue weighted by Crippen LogP contribution is 2.10. The van der Waals surface area contributed by atoms with Gasteiger partial charge in [-0.15, -0.1) is 12.4 Å². The molecule has 0 heterocycles. The molecule has 5 heteroatoms. The second kappa shape index (κ2) is 3.10. The molecule has 7 heavy (non-hydrogen) atoms. The van der Waals surface area contributed by atoms with E-state index < -0.39 is 12.7 Å². The zero-order chi connectivity index (χ0) is 5.21. The fourth-order valence-corrected chi connectivity index (χ4v) is 0. The minimum atomic E-state index is -4.18. The first-order valence-corrected chi connectivity index (χ1v) is 1.33. The third-order valence-corrected chi connectivity index (χ3v) is 0.231. The van der Waals surface area contributed by atoms with E-state index in [2.05, 4.69) is 5.73 Å². The van der Waals surface area contributed by atoms with E-state index in [1.54, 1.807) is 0 Å². The summed E-state index contributed by atoms with van der Waals surface area (Å²) in [5.41, 5.74) is 4.18. The molecule has 0 saturated heterocycles. The normalized spacial score (nSPS) is 10.3. The first kappa shape index (κ1) is 10.1. The zero-order valence-electron chi connectivity index (χ0n) is 3.33. The molecular weight excluding hydrogens is 130 g/mol. The van der Waals surface area contributed by atoms with Gasteiger partial charge in [0, 0.05) is 0 Å². The van der Waals surface area contributed by atoms with E-state index >= 15 is 0 Å². The summed E-state index contributed by atoms with van der Waals surface area (Å²) in [5.74, 6) is 0. The summed E-state index contributed by atoms with van der Waals surface area (Å²) < 4.78 is 32.0. The van der Waals surface area contributed by atoms with Crippen LogP contribution in [0.2, 0.25) is 0 Å². The van der Waals surface area contributed by atoms with Gasteiger partial charge in [0.2, 0.25) is 0 Å². The number of hydrogen-bond acceptors (Lipinski definition) is 1. The molecule has 46 valence electrons. The Kier molecular flexibility index (Phi) is 4.47. The predicted molar refractivity (Wildman–Crippen MR) is 22.4 cm³/mol. The van der Waals surface area contributed by atoms with Gasteiger partial charge in [-0.05, 0) is 0 Å². The van der Waals surface area contributed by atoms with Crippen molar-refractivity contribution >= 4 is 12.4 Å². The largest absolute Gasteiger partial charge is 0.400 e. The molecule has 0 aromatic carbocycles. The van der Waals surface area contributed by atoms with Crippen LogP contribution in [-0.4, -0.2) is 12.7 Å². The third-order valence-electron chi connectivity index (χ3n) is 0.231. The topological polar surface area (TPSA) is 26.0 Å². The Morgan fingerprint density at radius 2 is 1.43 bits per heavy atom. The van der Waals surface area contributed by atoms with Crippen molar-refractivity contribution in [2.45, 2.75) is 6.18 Å². The lowest BCUT2D eigenvalue weighted by Crippen LogP contribution is -2.21. The van der Waals surface area contributed by atoms with Crippen LogP contribution in [-0.2, 0) is 0 Å². The van der Waals surface area contributed by atoms with Gasteiger partial charge in [0.25, 0.3) is 0 Å². The van der Waals surface area contributed by atoms with Gasteiger partial charge in [-0.2, -0.15) is 13.2 Å². The lowest BCUT2D eigenvalue weighted by atomic mass is 10.7. The Morgan fingerprint density at radius 3 is 1.43 bits per heavy atom. The van der Waals surface area contributed by atoms with Crippen LogP contribution in [0.5, 0.6) is 0 Å². The molecular formula is C2H5ClF3N. The van der Waals surface area contributed by atoms with Gasteiger partial charge in [0.15, 0.2) is 0 Å². The molecule has 1 nitrogen and oxygen atoms in total. The van der Waals surface area contributed by atoms with E-state index in [-0.39, 0.29) is 12.4 Å². The second-order valence-corrected chi connectivity index (χ2v) is 0.819. The van der Waals surface area contributed by atoms with Gasteiger partial charge in [0.1, 0.15) is 0 Å². The molecule has 0 saturated carbocycles. The van der Waals surface area contributed by atoms with Gasteiger partial charge in [0.05, 0.1) is 6.54 Å². The molecule has 0 atom stereocenters. The van der Waals surface area contributed by atoms with Crippen molar-refractivity contribution in [1.29, 1.82) is 0 Å². The zero-order valence-corrected chi connectivity index (χ0v) is 4.14. The molecule has 0 rings (SSSR count). The molecule has 0 radical (unpaired) electrons. The molecule has 2 N–H and O–H groups in total. The summed E-state index contributed by atoms with van der Waals surface area (Å²) in [7, 11) is 0. The van der Waals surface area contributed by atoms with Crippen LogP contribution in [0.4, 0.5) is 13.2 Å². The average molecular weight is 136 g/mol. The van der Waals surface area contributed by atoms with Crippen LogP contribution >= 0.6 is 12.4 Å². The van der Waals surface area contributed by atoms with Crippen LogP contribution in [0.25, 0.3) is 0 Å². The van der Waals surface area contributed by atoms with Crippen molar-refractivity contribution < 1.29 is 13.2 Å². The van der Waals surface area contributed by atoms with Gasteiger partial charge in [-0.1, -0.05) is 0 Å². The smallest absolute Gasteiger partial charge is 0.323 e. The Balaban J connectivity index is 0. The summed E-state index contributed by atoms with van der Waals surface area (Å²) in [6, 6.07) is 0. The predicted octanol–water partition coefficient (Wildman–Crippen LogP) is 0.929. The Labute approximate surface area is 45.1 Å². The summed E-state index contributed by atoms with van der Waals surface area (Å²) in [5, 5.41) is 0. The van der Waals surface area contributed by atoms with Gasteiger partial charge in [-0.3, -0.25) is 0 Å². The fourth-order valence-electron chi connectivity index (χ4n) is 0. The molecule has 0 aromatic rings. The van der Waals surface area contributed by atoms with E-state index in [1.807, 2.05) is 0 Å². The highest BCUT2D eigenvalue weighted by atomic mass is 35.5. The van der Waals surface area contributed by atoms with Crippen LogP contribution < -0.4 is 5.73 Å². The second-order valence-electron chi connectivity index (χ2n) is 0.819. The minimum Gasteiger partial charge on any atom is -0.323 e. The summed E-state index contributed by atoms with van der Waals surface area (Å²) in [6.45, 7) is -1.23. The lowest BCUT2D eigenvalue weighted by molar-refractivity contribution is -0.118. The van der Waals surface area contributed by atoms with E-state index in [0.717, 1.165) is 0 Å². The van der Waals surface area contributed by atoms with Gasteiger partial charge >= 0.3 is 6.18 Å². The van der Waals surface area contributed by atoms with Crippen molar-refractivity contribution in [3.8, 4) is 0 Å². The molecule has 0 spiro atoms. The number of hydrogen-bond donors (Lipinski definition) is 1. The Hall–Kier alpha value is 0.0400. The van der Waals surface area contributed by atoms with Gasteiger partial charge < -0.3 is 5.73 Å². The number of rotatable bonds is 0. The number of alkyl halides is 3. The minimum absolute atomic E-state index is 0. The first-order chi connectivity index (χ1) is 2.56. The van der Waals surface area contributed by atoms with Crippen molar-refractivity contribution in [2.24, 2.45) is 5.73 Å². The Morgan fingerprint density at radius 1 is 1.29 bits per heavy atom. The molecule has 0 aliphatic carbocycles. The summed E-state index contributed by atoms with van der Waals surface area (Å²) in [6.07, 6.45) is -4.18. The van der Waals surface area contributed by atoms with Crippen LogP contribution in [0.15, 0.2) is 0 Å². The van der Waals surface area contributed by atoms with E-state index in [1.165, 1.54) is 0 Å². The maximum Gasteiger partial charge on any atom is 0.400 e. The van der Waals surface area contributed by atoms with Gasteiger partial charge in [-0.25, -0.2) is 0 Å². The maximum atomic E-state index is 10.7. The average Bonchev–Trinajstić information content (AvgIpc) is 1.35. The van der Waals surface area contributed by atoms with Crippen molar-refractivity contribution in [1.82, 2.24) is 0 Å². The monoisotopic (exact) mass is 135 g/mol. The SMILES string of the molecule is Cl.NCC(F)(F)F. The molecule has 0 fully saturated rings. The fraction of sp³-hybridized carbons (Fsp3) is 1.00. The molecule has 0 aromatic heterocycles. The highest BCUT2D eigenvalue weighted by Gasteiger charge is 2.23. The first-order valence-electron chi connectivity index (χ1n) is 1.33. The molecule has 0 bridgehead atoms. The van der Waals surface area contributed by atoms with E-state index in [4.69, 9.17) is 0 Å². The van der Waals surface area contributed by atoms with Crippen LogP contribution in [0.1, 0.15) is 0 Å². The molecule has 0 unspecified atom stereocenters. The molecule has 0 aliphatic rings. The number of nitrogens with two attached hydrogens (primary N) is 1. The van der Waals surface area contributed by atoms with Crippen LogP contribution in [0, 0.1) is 0 Å². The van der Waals surface area contributed by atoms with E-state index in [0.29, 0.717) is 0 Å². The van der Waals surface area contributed by atoms with Crippen molar-refractivity contribution in [3.63, 3.8) is 0 Å². The molecule has 0 aliphatic heterocycles. The van der Waals surface area contributed by atoms with Crippen molar-refractivity contribution in [3.05, 3.63) is 0 Å². The highest BCUT2D eigenvalue weighted by molar-refractivity contribution is 5.85. The third kappa shape index (κ3) is 10.7. The van der Waals surface area contributed by atoms with E-state index in [9.17, 15) is 13.2 Å². The Bertz CT molecular complexity index is 42.7. The molecule has 0 amide bonds. The van der Waals surface area contributed by atoms with Crippen molar-refractivity contribution in [2.75, 3.05) is 6.54 Å². The maximum absolute atomic E-state index is 10.7. The van der Waals surface area contributed by atoms with Crippen LogP contribution in [0.3, 0.4) is 0 Å².